The van der Waals surface area contributed by atoms with Gasteiger partial charge in [-0.3, -0.25) is 0 Å². The Labute approximate surface area is 194 Å². The van der Waals surface area contributed by atoms with E-state index in [0.717, 1.165) is 9.52 Å². The molecule has 0 bridgehead atoms. The predicted molar refractivity (Wildman–Crippen MR) is 124 cm³/mol. The molecule has 0 aromatic heterocycles. The Hall–Kier alpha value is -0.140. The fourth-order valence-corrected chi connectivity index (χ4v) is 3.60. The number of halogens is 2. The zero-order valence-corrected chi connectivity index (χ0v) is 22.9. The van der Waals surface area contributed by atoms with E-state index in [1.54, 1.807) is 0 Å². The zero-order chi connectivity index (χ0) is 21.2. The van der Waals surface area contributed by atoms with E-state index in [4.69, 9.17) is 17.0 Å². The third-order valence-corrected chi connectivity index (χ3v) is 4.49. The van der Waals surface area contributed by atoms with Gasteiger partial charge >= 0.3 is 37.9 Å². The maximum atomic E-state index is 4.93. The summed E-state index contributed by atoms with van der Waals surface area (Å²) in [5.41, 5.74) is 6.61. The maximum absolute atomic E-state index is 4.93. The van der Waals surface area contributed by atoms with Crippen LogP contribution >= 0.6 is 17.0 Å². The molecule has 0 spiro atoms. The van der Waals surface area contributed by atoms with E-state index >= 15 is 0 Å². The summed E-state index contributed by atoms with van der Waals surface area (Å²) >= 11 is -0.826. The minimum absolute atomic E-state index is 0.379. The molecule has 0 amide bonds. The van der Waals surface area contributed by atoms with Gasteiger partial charge in [0.1, 0.15) is 0 Å². The van der Waals surface area contributed by atoms with Crippen molar-refractivity contribution in [3.05, 3.63) is 83.6 Å². The topological polar surface area (TPSA) is 0 Å². The molecule has 0 N–H and O–H groups in total. The van der Waals surface area contributed by atoms with Crippen molar-refractivity contribution in [3.63, 3.8) is 0 Å². The summed E-state index contributed by atoms with van der Waals surface area (Å²) in [5.74, 6) is 0. The second-order valence-electron chi connectivity index (χ2n) is 8.59. The fraction of sp³-hybridized carbons (Fsp3) is 0.417. The summed E-state index contributed by atoms with van der Waals surface area (Å²) in [6.45, 7) is 13.4. The molecule has 150 valence electrons. The van der Waals surface area contributed by atoms with Gasteiger partial charge in [0.05, 0.1) is 0 Å². The van der Waals surface area contributed by atoms with Crippen LogP contribution in [0.3, 0.4) is 0 Å². The first kappa shape index (κ1) is 25.9. The van der Waals surface area contributed by atoms with Gasteiger partial charge in [0.2, 0.25) is 0 Å². The van der Waals surface area contributed by atoms with Crippen LogP contribution in [0.5, 0.6) is 0 Å². The third kappa shape index (κ3) is 9.12. The summed E-state index contributed by atoms with van der Waals surface area (Å²) in [6.07, 6.45) is 7.12. The van der Waals surface area contributed by atoms with Crippen molar-refractivity contribution in [1.82, 2.24) is 0 Å². The normalized spacial score (nSPS) is 16.0. The standard InChI is InChI=1S/2C11H13.C2H6Si.2ClH.Zr/c2*1-11(2)7-9-5-3-4-6-10(9)8-11;1-3-2;;;/h2*3-7H,8H2,1-2H3;1-2H3;2*1H;/q2*-1;;;;+4/p-2. The van der Waals surface area contributed by atoms with Gasteiger partial charge in [-0.15, -0.1) is 35.4 Å². The van der Waals surface area contributed by atoms with Gasteiger partial charge in [-0.2, -0.15) is 36.1 Å². The van der Waals surface area contributed by atoms with Gasteiger partial charge in [0, 0.05) is 9.52 Å². The molecular weight excluding hydrogens is 478 g/mol. The van der Waals surface area contributed by atoms with E-state index in [-0.39, 0.29) is 0 Å². The molecule has 0 heterocycles. The van der Waals surface area contributed by atoms with Gasteiger partial charge in [-0.25, -0.2) is 0 Å². The van der Waals surface area contributed by atoms with Crippen LogP contribution in [0.25, 0.3) is 0 Å². The van der Waals surface area contributed by atoms with Gasteiger partial charge in [-0.05, 0) is 0 Å². The molecule has 2 aliphatic carbocycles. The Morgan fingerprint density at radius 1 is 0.750 bits per heavy atom. The summed E-state index contributed by atoms with van der Waals surface area (Å²) in [5, 5.41) is 0. The van der Waals surface area contributed by atoms with Crippen LogP contribution in [-0.2, 0) is 33.7 Å². The number of benzene rings is 2. The van der Waals surface area contributed by atoms with Crippen molar-refractivity contribution in [1.29, 1.82) is 0 Å². The van der Waals surface area contributed by atoms with Crippen LogP contribution in [-0.4, -0.2) is 9.52 Å². The summed E-state index contributed by atoms with van der Waals surface area (Å²) in [7, 11) is 11.0. The second-order valence-corrected chi connectivity index (χ2v) is 13.3. The molecule has 0 atom stereocenters. The summed E-state index contributed by atoms with van der Waals surface area (Å²) in [6, 6.07) is 17.3. The van der Waals surface area contributed by atoms with Crippen molar-refractivity contribution < 1.29 is 20.8 Å². The molecule has 4 rings (SSSR count). The molecule has 2 aromatic carbocycles. The van der Waals surface area contributed by atoms with E-state index in [0.29, 0.717) is 10.8 Å². The van der Waals surface area contributed by atoms with E-state index in [1.807, 2.05) is 0 Å². The molecule has 0 unspecified atom stereocenters. The Morgan fingerprint density at radius 2 is 1.04 bits per heavy atom. The Bertz CT molecular complexity index is 598. The molecule has 2 aliphatic rings. The average molecular weight is 511 g/mol. The molecule has 0 saturated heterocycles. The average Bonchev–Trinajstić information content (AvgIpc) is 3.09. The van der Waals surface area contributed by atoms with Crippen molar-refractivity contribution >= 4 is 26.5 Å². The third-order valence-electron chi connectivity index (χ3n) is 4.49. The van der Waals surface area contributed by atoms with Crippen LogP contribution in [0.1, 0.15) is 49.9 Å². The van der Waals surface area contributed by atoms with Crippen LogP contribution in [0.4, 0.5) is 0 Å². The Kier molecular flexibility index (Phi) is 11.6. The first-order valence-corrected chi connectivity index (χ1v) is 17.9. The Balaban J connectivity index is 0.000000220. The van der Waals surface area contributed by atoms with Crippen LogP contribution in [0, 0.1) is 23.7 Å². The quantitative estimate of drug-likeness (QED) is 0.250. The number of hydrogen-bond acceptors (Lipinski definition) is 0. The number of rotatable bonds is 0. The first-order valence-electron chi connectivity index (χ1n) is 9.60. The minimum atomic E-state index is -0.826. The first-order chi connectivity index (χ1) is 13.2. The number of fused-ring (bicyclic) bond motifs is 2. The van der Waals surface area contributed by atoms with E-state index in [9.17, 15) is 0 Å². The van der Waals surface area contributed by atoms with Gasteiger partial charge in [0.15, 0.2) is 0 Å². The summed E-state index contributed by atoms with van der Waals surface area (Å²) in [4.78, 5) is 0. The Morgan fingerprint density at radius 3 is 1.32 bits per heavy atom. The van der Waals surface area contributed by atoms with E-state index in [2.05, 4.69) is 102 Å². The zero-order valence-electron chi connectivity index (χ0n) is 17.9. The molecule has 0 nitrogen and oxygen atoms in total. The van der Waals surface area contributed by atoms with E-state index in [1.165, 1.54) is 35.1 Å². The molecule has 0 fully saturated rings. The molecule has 0 aliphatic heterocycles. The van der Waals surface area contributed by atoms with Crippen LogP contribution in [0.15, 0.2) is 48.5 Å². The van der Waals surface area contributed by atoms with Gasteiger partial charge in [0.25, 0.3) is 0 Å². The molecule has 4 heteroatoms. The van der Waals surface area contributed by atoms with E-state index < -0.39 is 20.8 Å². The second kappa shape index (κ2) is 12.5. The van der Waals surface area contributed by atoms with Gasteiger partial charge in [-0.1, -0.05) is 76.6 Å². The molecule has 0 saturated carbocycles. The number of hydrogen-bond donors (Lipinski definition) is 0. The molecular formula is C24H32Cl2SiZr. The van der Waals surface area contributed by atoms with Crippen molar-refractivity contribution in [2.45, 2.75) is 53.6 Å². The molecule has 28 heavy (non-hydrogen) atoms. The predicted octanol–water partition coefficient (Wildman–Crippen LogP) is 7.81. The van der Waals surface area contributed by atoms with Crippen LogP contribution < -0.4 is 0 Å². The fourth-order valence-electron chi connectivity index (χ4n) is 3.60. The SMILES string of the molecule is CC1(C)[CH-]c2ccccc2C1.CC1(C)[CH-]c2ccccc2C1.C[Si]C.[Cl][Zr+2][Cl]. The van der Waals surface area contributed by atoms with Crippen molar-refractivity contribution in [2.75, 3.05) is 0 Å². The molecule has 2 radical (unpaired) electrons. The van der Waals surface area contributed by atoms with Crippen molar-refractivity contribution in [2.24, 2.45) is 10.8 Å². The van der Waals surface area contributed by atoms with Crippen LogP contribution in [0.2, 0.25) is 13.1 Å². The summed E-state index contributed by atoms with van der Waals surface area (Å²) < 4.78 is 0. The van der Waals surface area contributed by atoms with Gasteiger partial charge < -0.3 is 0 Å². The monoisotopic (exact) mass is 508 g/mol. The van der Waals surface area contributed by atoms with Crippen molar-refractivity contribution in [3.8, 4) is 0 Å². The molecule has 2 aromatic rings.